The van der Waals surface area contributed by atoms with Crippen molar-refractivity contribution < 1.29 is 14.3 Å². The monoisotopic (exact) mass is 353 g/mol. The predicted molar refractivity (Wildman–Crippen MR) is 98.8 cm³/mol. The molecule has 3 N–H and O–H groups in total. The minimum absolute atomic E-state index is 0.0369. The van der Waals surface area contributed by atoms with E-state index in [0.717, 1.165) is 23.3 Å². The van der Waals surface area contributed by atoms with Gasteiger partial charge in [-0.2, -0.15) is 0 Å². The summed E-state index contributed by atoms with van der Waals surface area (Å²) in [7, 11) is 0. The van der Waals surface area contributed by atoms with Gasteiger partial charge in [0.25, 0.3) is 0 Å². The van der Waals surface area contributed by atoms with Gasteiger partial charge in [0, 0.05) is 24.6 Å². The van der Waals surface area contributed by atoms with Crippen LogP contribution >= 0.6 is 0 Å². The molecule has 6 heteroatoms. The molecule has 0 aromatic heterocycles. The molecule has 0 fully saturated rings. The highest BCUT2D eigenvalue weighted by Gasteiger charge is 2.28. The number of hydrogen-bond donors (Lipinski definition) is 3. The van der Waals surface area contributed by atoms with Gasteiger partial charge in [-0.25, -0.2) is 4.79 Å². The van der Waals surface area contributed by atoms with Crippen LogP contribution in [-0.2, 0) is 4.79 Å². The van der Waals surface area contributed by atoms with E-state index in [-0.39, 0.29) is 11.9 Å². The molecule has 3 rings (SSSR count). The number of fused-ring (bicyclic) bond motifs is 1. The average Bonchev–Trinajstić information content (AvgIpc) is 2.67. The maximum atomic E-state index is 12.7. The van der Waals surface area contributed by atoms with Crippen LogP contribution in [0.3, 0.4) is 0 Å². The Labute approximate surface area is 152 Å². The third-order valence-corrected chi connectivity index (χ3v) is 4.30. The van der Waals surface area contributed by atoms with Crippen LogP contribution in [0.15, 0.2) is 54.6 Å². The lowest BCUT2D eigenvalue weighted by Gasteiger charge is -2.30. The summed E-state index contributed by atoms with van der Waals surface area (Å²) >= 11 is 0. The van der Waals surface area contributed by atoms with Crippen LogP contribution in [0, 0.1) is 0 Å². The first kappa shape index (κ1) is 17.9. The molecule has 0 aliphatic carbocycles. The molecule has 2 atom stereocenters. The summed E-state index contributed by atoms with van der Waals surface area (Å²) in [6.45, 7) is 2.83. The molecule has 6 nitrogen and oxygen atoms in total. The maximum Gasteiger partial charge on any atom is 0.321 e. The normalized spacial score (nSPS) is 16.7. The number of ether oxygens (including phenoxy) is 1. The first-order valence-electron chi connectivity index (χ1n) is 8.80. The number of carbonyl (C=O) groups is 2. The van der Waals surface area contributed by atoms with Gasteiger partial charge in [0.1, 0.15) is 11.8 Å². The Hall–Kier alpha value is -2.86. The molecule has 0 saturated carbocycles. The minimum Gasteiger partial charge on any atom is -0.493 e. The predicted octanol–water partition coefficient (Wildman–Crippen LogP) is 2.69. The van der Waals surface area contributed by atoms with Crippen molar-refractivity contribution >= 4 is 11.9 Å². The van der Waals surface area contributed by atoms with Crippen molar-refractivity contribution in [2.75, 3.05) is 13.2 Å². The van der Waals surface area contributed by atoms with E-state index in [0.29, 0.717) is 13.2 Å². The van der Waals surface area contributed by atoms with Crippen LogP contribution in [0.4, 0.5) is 4.79 Å². The highest BCUT2D eigenvalue weighted by atomic mass is 16.5. The van der Waals surface area contributed by atoms with Crippen LogP contribution < -0.4 is 20.7 Å². The zero-order valence-corrected chi connectivity index (χ0v) is 14.7. The molecule has 0 radical (unpaired) electrons. The number of amides is 3. The van der Waals surface area contributed by atoms with Crippen molar-refractivity contribution in [3.05, 3.63) is 65.7 Å². The zero-order valence-electron chi connectivity index (χ0n) is 14.7. The summed E-state index contributed by atoms with van der Waals surface area (Å²) in [4.78, 5) is 24.5. The largest absolute Gasteiger partial charge is 0.493 e. The van der Waals surface area contributed by atoms with Crippen molar-refractivity contribution in [2.45, 2.75) is 25.4 Å². The average molecular weight is 353 g/mol. The van der Waals surface area contributed by atoms with E-state index in [1.165, 1.54) is 0 Å². The minimum atomic E-state index is -0.644. The van der Waals surface area contributed by atoms with Gasteiger partial charge in [0.2, 0.25) is 5.91 Å². The molecular weight excluding hydrogens is 330 g/mol. The van der Waals surface area contributed by atoms with Crippen molar-refractivity contribution in [2.24, 2.45) is 0 Å². The van der Waals surface area contributed by atoms with Crippen molar-refractivity contribution in [1.82, 2.24) is 16.0 Å². The quantitative estimate of drug-likeness (QED) is 0.772. The summed E-state index contributed by atoms with van der Waals surface area (Å²) in [5.74, 6) is 0.443. The van der Waals surface area contributed by atoms with Crippen LogP contribution in [0.25, 0.3) is 0 Å². The maximum absolute atomic E-state index is 12.7. The molecular formula is C20H23N3O3. The van der Waals surface area contributed by atoms with Crippen LogP contribution in [0.1, 0.15) is 36.6 Å². The van der Waals surface area contributed by atoms with Gasteiger partial charge in [-0.3, -0.25) is 15.4 Å². The van der Waals surface area contributed by atoms with Crippen molar-refractivity contribution in [3.8, 4) is 5.75 Å². The summed E-state index contributed by atoms with van der Waals surface area (Å²) in [6.07, 6.45) is 0.745. The van der Waals surface area contributed by atoms with Crippen LogP contribution in [0.5, 0.6) is 5.75 Å². The lowest BCUT2D eigenvalue weighted by molar-refractivity contribution is -0.122. The lowest BCUT2D eigenvalue weighted by atomic mass is 9.97. The Kier molecular flexibility index (Phi) is 5.86. The van der Waals surface area contributed by atoms with Gasteiger partial charge >= 0.3 is 6.03 Å². The summed E-state index contributed by atoms with van der Waals surface area (Å²) in [5, 5.41) is 8.40. The van der Waals surface area contributed by atoms with Crippen LogP contribution in [-0.4, -0.2) is 25.1 Å². The fourth-order valence-corrected chi connectivity index (χ4v) is 3.07. The fraction of sp³-hybridized carbons (Fsp3) is 0.300. The molecule has 1 aliphatic rings. The third-order valence-electron chi connectivity index (χ3n) is 4.30. The van der Waals surface area contributed by atoms with E-state index in [9.17, 15) is 9.59 Å². The van der Waals surface area contributed by atoms with Crippen LogP contribution in [0.2, 0.25) is 0 Å². The summed E-state index contributed by atoms with van der Waals surface area (Å²) in [6, 6.07) is 16.0. The van der Waals surface area contributed by atoms with Gasteiger partial charge < -0.3 is 10.1 Å². The number of hydrogen-bond acceptors (Lipinski definition) is 4. The smallest absolute Gasteiger partial charge is 0.321 e. The highest BCUT2D eigenvalue weighted by molar-refractivity contribution is 5.97. The Morgan fingerprint density at radius 1 is 1.12 bits per heavy atom. The molecule has 26 heavy (non-hydrogen) atoms. The second-order valence-corrected chi connectivity index (χ2v) is 6.09. The number of para-hydroxylation sites is 1. The number of carbonyl (C=O) groups excluding carboxylic acids is 2. The zero-order chi connectivity index (χ0) is 18.4. The molecule has 1 aliphatic heterocycles. The highest BCUT2D eigenvalue weighted by Crippen LogP contribution is 2.33. The number of benzene rings is 2. The van der Waals surface area contributed by atoms with E-state index >= 15 is 0 Å². The molecule has 0 spiro atoms. The van der Waals surface area contributed by atoms with E-state index in [1.807, 2.05) is 54.6 Å². The molecule has 136 valence electrons. The Bertz CT molecular complexity index is 764. The van der Waals surface area contributed by atoms with E-state index in [2.05, 4.69) is 16.0 Å². The topological polar surface area (TPSA) is 79.5 Å². The molecule has 0 bridgehead atoms. The standard InChI is InChI=1S/C20H23N3O3/c1-2-21-20(25)23-19(24)18(14-8-4-3-5-9-14)22-16-12-13-26-17-11-7-6-10-15(16)17/h3-11,16,18,22H,2,12-13H2,1H3,(H2,21,23,24,25)/t16-,18+/m0/s1. The second kappa shape index (κ2) is 8.49. The van der Waals surface area contributed by atoms with E-state index in [1.54, 1.807) is 6.92 Å². The first-order chi connectivity index (χ1) is 12.7. The summed E-state index contributed by atoms with van der Waals surface area (Å²) < 4.78 is 5.69. The molecule has 2 aromatic rings. The second-order valence-electron chi connectivity index (χ2n) is 6.09. The van der Waals surface area contributed by atoms with E-state index in [4.69, 9.17) is 4.74 Å². The molecule has 3 amide bonds. The van der Waals surface area contributed by atoms with Gasteiger partial charge in [-0.05, 0) is 18.6 Å². The third kappa shape index (κ3) is 4.21. The van der Waals surface area contributed by atoms with Gasteiger partial charge in [0.15, 0.2) is 0 Å². The van der Waals surface area contributed by atoms with E-state index < -0.39 is 12.1 Å². The SMILES string of the molecule is CCNC(=O)NC(=O)[C@H](N[C@H]1CCOc2ccccc21)c1ccccc1. The summed E-state index contributed by atoms with van der Waals surface area (Å²) in [5.41, 5.74) is 1.82. The Balaban J connectivity index is 1.83. The van der Waals surface area contributed by atoms with Gasteiger partial charge in [-0.1, -0.05) is 48.5 Å². The van der Waals surface area contributed by atoms with Crippen molar-refractivity contribution in [1.29, 1.82) is 0 Å². The molecule has 0 saturated heterocycles. The number of rotatable bonds is 5. The Morgan fingerprint density at radius 3 is 2.62 bits per heavy atom. The number of imide groups is 1. The fourth-order valence-electron chi connectivity index (χ4n) is 3.07. The Morgan fingerprint density at radius 2 is 1.85 bits per heavy atom. The molecule has 2 aromatic carbocycles. The lowest BCUT2D eigenvalue weighted by Crippen LogP contribution is -2.46. The van der Waals surface area contributed by atoms with Crippen molar-refractivity contribution in [3.63, 3.8) is 0 Å². The molecule has 1 heterocycles. The first-order valence-corrected chi connectivity index (χ1v) is 8.80. The van der Waals surface area contributed by atoms with Gasteiger partial charge in [0.05, 0.1) is 6.61 Å². The van der Waals surface area contributed by atoms with Gasteiger partial charge in [-0.15, -0.1) is 0 Å². The number of urea groups is 1. The molecule has 0 unspecified atom stereocenters. The number of nitrogens with one attached hydrogen (secondary N) is 3.